The molecule has 0 unspecified atom stereocenters. The van der Waals surface area contributed by atoms with Crippen molar-refractivity contribution >= 4 is 23.6 Å². The number of H-pyrrole nitrogens is 1. The molecule has 8 heteroatoms. The average Bonchev–Trinajstić information content (AvgIpc) is 3.03. The Morgan fingerprint density at radius 2 is 2.07 bits per heavy atom. The first-order valence-corrected chi connectivity index (χ1v) is 9.42. The molecule has 1 saturated carbocycles. The molecule has 0 atom stereocenters. The highest BCUT2D eigenvalue weighted by atomic mass is 16.6. The van der Waals surface area contributed by atoms with E-state index in [0.29, 0.717) is 30.9 Å². The Morgan fingerprint density at radius 3 is 2.71 bits per heavy atom. The number of nitrogens with zero attached hydrogens (tertiary/aromatic N) is 3. The van der Waals surface area contributed by atoms with Crippen molar-refractivity contribution in [3.05, 3.63) is 36.2 Å². The summed E-state index contributed by atoms with van der Waals surface area (Å²) >= 11 is 0. The zero-order valence-corrected chi connectivity index (χ0v) is 16.7. The smallest absolute Gasteiger partial charge is 0.415 e. The van der Waals surface area contributed by atoms with Gasteiger partial charge in [0.2, 0.25) is 5.91 Å². The number of hydrogen-bond donors (Lipinski definition) is 2. The minimum absolute atomic E-state index is 0.0410. The number of anilines is 2. The van der Waals surface area contributed by atoms with Crippen LogP contribution in [-0.4, -0.2) is 40.3 Å². The second-order valence-corrected chi connectivity index (χ2v) is 8.41. The molecule has 1 aliphatic rings. The monoisotopic (exact) mass is 385 g/mol. The molecule has 0 spiro atoms. The maximum atomic E-state index is 12.2. The SMILES string of the molecule is CN(C(=O)O[C@H]1C[C@@H](c2cc(NC(=O)CC(C)(C)C)[nH]n2)C1)c1ccccn1. The lowest BCUT2D eigenvalue weighted by Crippen LogP contribution is -2.37. The highest BCUT2D eigenvalue weighted by Crippen LogP contribution is 2.38. The Bertz CT molecular complexity index is 822. The summed E-state index contributed by atoms with van der Waals surface area (Å²) in [6, 6.07) is 7.22. The summed E-state index contributed by atoms with van der Waals surface area (Å²) in [6.07, 6.45) is 2.93. The summed E-state index contributed by atoms with van der Waals surface area (Å²) < 4.78 is 5.52. The molecule has 0 bridgehead atoms. The van der Waals surface area contributed by atoms with Crippen LogP contribution in [0.15, 0.2) is 30.5 Å². The third-order valence-corrected chi connectivity index (χ3v) is 4.61. The van der Waals surface area contributed by atoms with Gasteiger partial charge in [0.25, 0.3) is 0 Å². The predicted octanol–water partition coefficient (Wildman–Crippen LogP) is 3.70. The lowest BCUT2D eigenvalue weighted by Gasteiger charge is -2.34. The number of carbonyl (C=O) groups is 2. The molecule has 2 aromatic rings. The molecule has 2 amide bonds. The van der Waals surface area contributed by atoms with Crippen molar-refractivity contribution in [2.45, 2.75) is 52.1 Å². The van der Waals surface area contributed by atoms with E-state index in [1.54, 1.807) is 25.4 Å². The molecule has 0 saturated heterocycles. The van der Waals surface area contributed by atoms with Crippen LogP contribution in [0.1, 0.15) is 51.6 Å². The van der Waals surface area contributed by atoms with Crippen LogP contribution >= 0.6 is 0 Å². The summed E-state index contributed by atoms with van der Waals surface area (Å²) in [5, 5.41) is 9.99. The number of aromatic nitrogens is 3. The van der Waals surface area contributed by atoms with Crippen molar-refractivity contribution in [2.75, 3.05) is 17.3 Å². The largest absolute Gasteiger partial charge is 0.446 e. The minimum atomic E-state index is -0.417. The summed E-state index contributed by atoms with van der Waals surface area (Å²) in [4.78, 5) is 29.8. The summed E-state index contributed by atoms with van der Waals surface area (Å²) in [5.41, 5.74) is 0.803. The molecule has 0 aliphatic heterocycles. The quantitative estimate of drug-likeness (QED) is 0.817. The molecule has 2 heterocycles. The van der Waals surface area contributed by atoms with Crippen LogP contribution in [0.4, 0.5) is 16.4 Å². The van der Waals surface area contributed by atoms with Gasteiger partial charge in [-0.1, -0.05) is 26.8 Å². The highest BCUT2D eigenvalue weighted by molar-refractivity contribution is 5.90. The normalized spacial score (nSPS) is 18.9. The lowest BCUT2D eigenvalue weighted by molar-refractivity contribution is -0.117. The standard InChI is InChI=1S/C20H27N5O3/c1-20(2,3)12-18(26)22-16-11-15(23-24-16)13-9-14(10-13)28-19(27)25(4)17-7-5-6-8-21-17/h5-8,11,13-14H,9-10,12H2,1-4H3,(H2,22,23,24,26)/t13-,14+. The Morgan fingerprint density at radius 1 is 1.32 bits per heavy atom. The van der Waals surface area contributed by atoms with Crippen LogP contribution in [0.3, 0.4) is 0 Å². The van der Waals surface area contributed by atoms with Gasteiger partial charge in [-0.3, -0.25) is 14.8 Å². The van der Waals surface area contributed by atoms with E-state index in [1.807, 2.05) is 32.9 Å². The molecule has 150 valence electrons. The van der Waals surface area contributed by atoms with Crippen LogP contribution < -0.4 is 10.2 Å². The Labute approximate surface area is 164 Å². The van der Waals surface area contributed by atoms with E-state index in [-0.39, 0.29) is 23.3 Å². The molecular formula is C20H27N5O3. The number of pyridine rings is 1. The van der Waals surface area contributed by atoms with Gasteiger partial charge in [0, 0.05) is 31.6 Å². The Kier molecular flexibility index (Phi) is 5.67. The third kappa shape index (κ3) is 5.09. The molecule has 0 aromatic carbocycles. The van der Waals surface area contributed by atoms with Gasteiger partial charge < -0.3 is 10.1 Å². The number of aromatic amines is 1. The van der Waals surface area contributed by atoms with Gasteiger partial charge in [-0.2, -0.15) is 5.10 Å². The molecule has 0 radical (unpaired) electrons. The van der Waals surface area contributed by atoms with Crippen molar-refractivity contribution in [1.82, 2.24) is 15.2 Å². The predicted molar refractivity (Wildman–Crippen MR) is 106 cm³/mol. The van der Waals surface area contributed by atoms with Crippen molar-refractivity contribution < 1.29 is 14.3 Å². The van der Waals surface area contributed by atoms with Crippen LogP contribution in [0.2, 0.25) is 0 Å². The first kappa shape index (κ1) is 19.9. The summed E-state index contributed by atoms with van der Waals surface area (Å²) in [6.45, 7) is 6.06. The molecule has 28 heavy (non-hydrogen) atoms. The van der Waals surface area contributed by atoms with Crippen LogP contribution in [0.5, 0.6) is 0 Å². The van der Waals surface area contributed by atoms with Crippen LogP contribution in [0.25, 0.3) is 0 Å². The molecule has 3 rings (SSSR count). The first-order valence-electron chi connectivity index (χ1n) is 9.42. The van der Waals surface area contributed by atoms with Gasteiger partial charge in [0.15, 0.2) is 0 Å². The molecule has 8 nitrogen and oxygen atoms in total. The van der Waals surface area contributed by atoms with E-state index in [4.69, 9.17) is 4.74 Å². The van der Waals surface area contributed by atoms with Crippen molar-refractivity contribution in [1.29, 1.82) is 0 Å². The van der Waals surface area contributed by atoms with Crippen LogP contribution in [-0.2, 0) is 9.53 Å². The second kappa shape index (κ2) is 8.00. The zero-order chi connectivity index (χ0) is 20.3. The number of amides is 2. The fraction of sp³-hybridized carbons (Fsp3) is 0.500. The molecule has 2 aromatic heterocycles. The van der Waals surface area contributed by atoms with Gasteiger partial charge >= 0.3 is 6.09 Å². The summed E-state index contributed by atoms with van der Waals surface area (Å²) in [7, 11) is 1.64. The fourth-order valence-electron chi connectivity index (χ4n) is 3.06. The van der Waals surface area contributed by atoms with E-state index in [0.717, 1.165) is 5.69 Å². The fourth-order valence-corrected chi connectivity index (χ4v) is 3.06. The van der Waals surface area contributed by atoms with Gasteiger partial charge in [0.05, 0.1) is 5.69 Å². The highest BCUT2D eigenvalue weighted by Gasteiger charge is 2.35. The molecule has 1 aliphatic carbocycles. The third-order valence-electron chi connectivity index (χ3n) is 4.61. The summed E-state index contributed by atoms with van der Waals surface area (Å²) in [5.74, 6) is 1.31. The lowest BCUT2D eigenvalue weighted by atomic mass is 9.80. The van der Waals surface area contributed by atoms with Crippen molar-refractivity contribution in [3.63, 3.8) is 0 Å². The zero-order valence-electron chi connectivity index (χ0n) is 16.7. The Hall–Kier alpha value is -2.90. The Balaban J connectivity index is 1.46. The number of ether oxygens (including phenoxy) is 1. The van der Waals surface area contributed by atoms with Gasteiger partial charge in [-0.15, -0.1) is 0 Å². The maximum absolute atomic E-state index is 12.2. The van der Waals surface area contributed by atoms with Crippen molar-refractivity contribution in [2.24, 2.45) is 5.41 Å². The molecule has 2 N–H and O–H groups in total. The van der Waals surface area contributed by atoms with Gasteiger partial charge in [-0.05, 0) is 30.4 Å². The van der Waals surface area contributed by atoms with Crippen molar-refractivity contribution in [3.8, 4) is 0 Å². The minimum Gasteiger partial charge on any atom is -0.446 e. The van der Waals surface area contributed by atoms with E-state index < -0.39 is 6.09 Å². The van der Waals surface area contributed by atoms with E-state index in [9.17, 15) is 9.59 Å². The van der Waals surface area contributed by atoms with E-state index in [2.05, 4.69) is 20.5 Å². The van der Waals surface area contributed by atoms with E-state index >= 15 is 0 Å². The van der Waals surface area contributed by atoms with Gasteiger partial charge in [-0.25, -0.2) is 9.78 Å². The average molecular weight is 385 g/mol. The number of rotatable bonds is 5. The van der Waals surface area contributed by atoms with Gasteiger partial charge in [0.1, 0.15) is 17.7 Å². The number of nitrogens with one attached hydrogen (secondary N) is 2. The topological polar surface area (TPSA) is 100 Å². The van der Waals surface area contributed by atoms with Crippen LogP contribution in [0, 0.1) is 5.41 Å². The first-order chi connectivity index (χ1) is 13.2. The number of hydrogen-bond acceptors (Lipinski definition) is 5. The molecule has 1 fully saturated rings. The molecular weight excluding hydrogens is 358 g/mol. The number of carbonyl (C=O) groups excluding carboxylic acids is 2. The second-order valence-electron chi connectivity index (χ2n) is 8.41. The van der Waals surface area contributed by atoms with E-state index in [1.165, 1.54) is 4.90 Å². The maximum Gasteiger partial charge on any atom is 0.415 e.